The molecule has 2 aromatic rings. The second kappa shape index (κ2) is 3.74. The minimum atomic E-state index is -4.22. The van der Waals surface area contributed by atoms with Gasteiger partial charge >= 0.3 is 8.74 Å². The summed E-state index contributed by atoms with van der Waals surface area (Å²) >= 11 is 0. The molecule has 0 N–H and O–H groups in total. The third-order valence-corrected chi connectivity index (χ3v) is 4.74. The lowest BCUT2D eigenvalue weighted by atomic mass is 10.1. The highest BCUT2D eigenvalue weighted by Gasteiger charge is 2.36. The number of benzene rings is 2. The van der Waals surface area contributed by atoms with Crippen molar-refractivity contribution < 1.29 is 8.22 Å². The number of hydrogen-bond acceptors (Lipinski definition) is 0. The van der Waals surface area contributed by atoms with Gasteiger partial charge in [0.25, 0.3) is 0 Å². The molecule has 0 spiro atoms. The number of halogens is 2. The molecule has 78 valence electrons. The molecule has 0 saturated carbocycles. The molecule has 0 aliphatic carbocycles. The van der Waals surface area contributed by atoms with Gasteiger partial charge in [0.05, 0.1) is 0 Å². The lowest BCUT2D eigenvalue weighted by molar-refractivity contribution is 0.626. The van der Waals surface area contributed by atoms with E-state index < -0.39 is 8.74 Å². The van der Waals surface area contributed by atoms with Gasteiger partial charge in [0, 0.05) is 5.19 Å². The molecule has 0 fully saturated rings. The van der Waals surface area contributed by atoms with Crippen molar-refractivity contribution in [1.29, 1.82) is 0 Å². The minimum Gasteiger partial charge on any atom is -0.265 e. The highest BCUT2D eigenvalue weighted by molar-refractivity contribution is 6.81. The van der Waals surface area contributed by atoms with Gasteiger partial charge in [-0.2, -0.15) is 0 Å². The lowest BCUT2D eigenvalue weighted by Crippen LogP contribution is -2.38. The number of fused-ring (bicyclic) bond motifs is 1. The molecular formula is C12H12F2Si. The average Bonchev–Trinajstić information content (AvgIpc) is 2.28. The van der Waals surface area contributed by atoms with Gasteiger partial charge in [0.2, 0.25) is 0 Å². The summed E-state index contributed by atoms with van der Waals surface area (Å²) in [4.78, 5) is 0. The smallest absolute Gasteiger partial charge is 0.265 e. The monoisotopic (exact) mass is 222 g/mol. The zero-order valence-corrected chi connectivity index (χ0v) is 9.50. The Morgan fingerprint density at radius 2 is 1.67 bits per heavy atom. The third-order valence-electron chi connectivity index (χ3n) is 2.63. The van der Waals surface area contributed by atoms with E-state index in [1.165, 1.54) is 0 Å². The van der Waals surface area contributed by atoms with Gasteiger partial charge in [-0.15, -0.1) is 0 Å². The van der Waals surface area contributed by atoms with E-state index in [9.17, 15) is 8.22 Å². The summed E-state index contributed by atoms with van der Waals surface area (Å²) in [6, 6.07) is 12.5. The molecule has 2 rings (SSSR count). The first-order valence-electron chi connectivity index (χ1n) is 5.01. The quantitative estimate of drug-likeness (QED) is 0.539. The van der Waals surface area contributed by atoms with Gasteiger partial charge in [-0.05, 0) is 16.8 Å². The van der Waals surface area contributed by atoms with Crippen molar-refractivity contribution in [1.82, 2.24) is 0 Å². The maximum atomic E-state index is 13.8. The van der Waals surface area contributed by atoms with Crippen LogP contribution in [-0.4, -0.2) is 8.74 Å². The summed E-state index contributed by atoms with van der Waals surface area (Å²) in [6.07, 6.45) is 0. The first kappa shape index (κ1) is 10.3. The van der Waals surface area contributed by atoms with Gasteiger partial charge in [-0.1, -0.05) is 49.4 Å². The molecule has 2 aromatic carbocycles. The summed E-state index contributed by atoms with van der Waals surface area (Å²) in [5, 5.41) is 1.87. The maximum absolute atomic E-state index is 13.8. The van der Waals surface area contributed by atoms with E-state index in [-0.39, 0.29) is 11.2 Å². The fraction of sp³-hybridized carbons (Fsp3) is 0.167. The van der Waals surface area contributed by atoms with E-state index >= 15 is 0 Å². The van der Waals surface area contributed by atoms with E-state index in [1.54, 1.807) is 25.1 Å². The highest BCUT2D eigenvalue weighted by Crippen LogP contribution is 2.19. The molecule has 0 nitrogen and oxygen atoms in total. The highest BCUT2D eigenvalue weighted by atomic mass is 28.4. The Morgan fingerprint density at radius 1 is 1.00 bits per heavy atom. The fourth-order valence-corrected chi connectivity index (χ4v) is 3.08. The normalized spacial score (nSPS) is 11.9. The second-order valence-electron chi connectivity index (χ2n) is 3.58. The predicted molar refractivity (Wildman–Crippen MR) is 62.0 cm³/mol. The van der Waals surface area contributed by atoms with Crippen molar-refractivity contribution in [3.8, 4) is 0 Å². The molecular weight excluding hydrogens is 210 g/mol. The van der Waals surface area contributed by atoms with E-state index in [1.807, 2.05) is 24.3 Å². The molecule has 0 saturated heterocycles. The van der Waals surface area contributed by atoms with Gasteiger partial charge in [0.15, 0.2) is 0 Å². The van der Waals surface area contributed by atoms with Gasteiger partial charge < -0.3 is 0 Å². The van der Waals surface area contributed by atoms with Crippen molar-refractivity contribution in [3.05, 3.63) is 42.5 Å². The Balaban J connectivity index is 2.71. The molecule has 0 aliphatic heterocycles. The number of rotatable bonds is 2. The summed E-state index contributed by atoms with van der Waals surface area (Å²) in [5.74, 6) is 0. The van der Waals surface area contributed by atoms with Gasteiger partial charge in [-0.25, -0.2) is 0 Å². The van der Waals surface area contributed by atoms with Crippen LogP contribution in [0.5, 0.6) is 0 Å². The van der Waals surface area contributed by atoms with Crippen molar-refractivity contribution in [2.45, 2.75) is 13.0 Å². The summed E-state index contributed by atoms with van der Waals surface area (Å²) < 4.78 is 27.5. The van der Waals surface area contributed by atoms with Crippen LogP contribution in [-0.2, 0) is 0 Å². The van der Waals surface area contributed by atoms with Crippen molar-refractivity contribution in [3.63, 3.8) is 0 Å². The SMILES string of the molecule is CC[Si](F)(F)c1cccc2ccccc12. The van der Waals surface area contributed by atoms with Crippen LogP contribution in [0, 0.1) is 0 Å². The zero-order valence-electron chi connectivity index (χ0n) is 8.50. The van der Waals surface area contributed by atoms with Crippen LogP contribution in [0.15, 0.2) is 42.5 Å². The molecule has 0 aromatic heterocycles. The molecule has 0 atom stereocenters. The van der Waals surface area contributed by atoms with Gasteiger partial charge in [-0.3, -0.25) is 8.22 Å². The predicted octanol–water partition coefficient (Wildman–Crippen LogP) is 3.45. The summed E-state index contributed by atoms with van der Waals surface area (Å²) in [7, 11) is -4.22. The Morgan fingerprint density at radius 3 is 2.40 bits per heavy atom. The lowest BCUT2D eigenvalue weighted by Gasteiger charge is -2.13. The van der Waals surface area contributed by atoms with Crippen molar-refractivity contribution in [2.24, 2.45) is 0 Å². The Kier molecular flexibility index (Phi) is 2.57. The molecule has 0 aliphatic rings. The molecule has 0 bridgehead atoms. The molecule has 3 heteroatoms. The van der Waals surface area contributed by atoms with Crippen LogP contribution < -0.4 is 5.19 Å². The Bertz CT molecular complexity index is 475. The molecule has 0 unspecified atom stereocenters. The zero-order chi connectivity index (χ0) is 10.9. The first-order chi connectivity index (χ1) is 7.15. The van der Waals surface area contributed by atoms with Crippen LogP contribution in [0.2, 0.25) is 6.04 Å². The molecule has 0 heterocycles. The summed E-state index contributed by atoms with van der Waals surface area (Å²) in [6.45, 7) is 1.56. The van der Waals surface area contributed by atoms with Crippen LogP contribution >= 0.6 is 0 Å². The third kappa shape index (κ3) is 1.79. The van der Waals surface area contributed by atoms with Crippen LogP contribution in [0.25, 0.3) is 10.8 Å². The molecule has 15 heavy (non-hydrogen) atoms. The summed E-state index contributed by atoms with van der Waals surface area (Å²) in [5.41, 5.74) is 0. The van der Waals surface area contributed by atoms with Crippen LogP contribution in [0.1, 0.15) is 6.92 Å². The fourth-order valence-electron chi connectivity index (χ4n) is 1.73. The Hall–Kier alpha value is -1.22. The van der Waals surface area contributed by atoms with E-state index in [4.69, 9.17) is 0 Å². The second-order valence-corrected chi connectivity index (χ2v) is 6.24. The first-order valence-corrected chi connectivity index (χ1v) is 6.97. The Labute approximate surface area is 88.9 Å². The van der Waals surface area contributed by atoms with Crippen molar-refractivity contribution in [2.75, 3.05) is 0 Å². The largest absolute Gasteiger partial charge is 0.455 e. The van der Waals surface area contributed by atoms with E-state index in [0.29, 0.717) is 5.39 Å². The van der Waals surface area contributed by atoms with E-state index in [2.05, 4.69) is 0 Å². The average molecular weight is 222 g/mol. The molecule has 0 radical (unpaired) electrons. The standard InChI is InChI=1S/C12H12F2Si/c1-2-15(13,14)12-9-5-7-10-6-3-4-8-11(10)12/h3-9H,2H2,1H3. The topological polar surface area (TPSA) is 0 Å². The van der Waals surface area contributed by atoms with Crippen molar-refractivity contribution >= 4 is 24.7 Å². The maximum Gasteiger partial charge on any atom is 0.455 e. The van der Waals surface area contributed by atoms with Crippen LogP contribution in [0.4, 0.5) is 8.22 Å². The minimum absolute atomic E-state index is 0.0268. The van der Waals surface area contributed by atoms with Crippen LogP contribution in [0.3, 0.4) is 0 Å². The van der Waals surface area contributed by atoms with E-state index in [0.717, 1.165) is 5.39 Å². The molecule has 0 amide bonds. The van der Waals surface area contributed by atoms with Gasteiger partial charge in [0.1, 0.15) is 0 Å². The number of hydrogen-bond donors (Lipinski definition) is 0.